The van der Waals surface area contributed by atoms with E-state index in [1.165, 1.54) is 18.9 Å². The third-order valence-electron chi connectivity index (χ3n) is 3.01. The van der Waals surface area contributed by atoms with Crippen LogP contribution >= 0.6 is 0 Å². The summed E-state index contributed by atoms with van der Waals surface area (Å²) in [6.45, 7) is 1.54. The van der Waals surface area contributed by atoms with Gasteiger partial charge in [-0.1, -0.05) is 6.92 Å². The highest BCUT2D eigenvalue weighted by Crippen LogP contribution is 2.19. The van der Waals surface area contributed by atoms with E-state index < -0.39 is 21.7 Å². The van der Waals surface area contributed by atoms with Crippen LogP contribution in [0.25, 0.3) is 0 Å². The van der Waals surface area contributed by atoms with Crippen LogP contribution in [0.1, 0.15) is 19.8 Å². The first-order chi connectivity index (χ1) is 7.73. The van der Waals surface area contributed by atoms with Gasteiger partial charge >= 0.3 is 5.97 Å². The van der Waals surface area contributed by atoms with E-state index in [4.69, 9.17) is 5.11 Å². The summed E-state index contributed by atoms with van der Waals surface area (Å²) < 4.78 is 22.6. The first-order valence-corrected chi connectivity index (χ1v) is 7.24. The van der Waals surface area contributed by atoms with Crippen molar-refractivity contribution in [1.29, 1.82) is 0 Å². The van der Waals surface area contributed by atoms with E-state index in [0.29, 0.717) is 6.42 Å². The van der Waals surface area contributed by atoms with Crippen LogP contribution in [0, 0.1) is 5.92 Å². The van der Waals surface area contributed by atoms with Gasteiger partial charge in [-0.05, 0) is 6.42 Å². The molecule has 0 radical (unpaired) electrons. The predicted molar refractivity (Wildman–Crippen MR) is 61.2 cm³/mol. The lowest BCUT2D eigenvalue weighted by atomic mass is 10.1. The SMILES string of the molecule is CC(CC(=O)O)C(=O)N(C)C1CCS(=O)(=O)C1. The summed E-state index contributed by atoms with van der Waals surface area (Å²) in [6, 6.07) is -0.316. The molecule has 0 aromatic rings. The summed E-state index contributed by atoms with van der Waals surface area (Å²) in [5.74, 6) is -1.88. The first-order valence-electron chi connectivity index (χ1n) is 5.42. The minimum atomic E-state index is -3.03. The van der Waals surface area contributed by atoms with Gasteiger partial charge in [0.05, 0.1) is 17.9 Å². The number of nitrogens with zero attached hydrogens (tertiary/aromatic N) is 1. The highest BCUT2D eigenvalue weighted by atomic mass is 32.2. The minimum absolute atomic E-state index is 0.0188. The van der Waals surface area contributed by atoms with Gasteiger partial charge in [0.2, 0.25) is 5.91 Å². The van der Waals surface area contributed by atoms with Crippen molar-refractivity contribution in [2.45, 2.75) is 25.8 Å². The number of rotatable bonds is 4. The van der Waals surface area contributed by atoms with Crippen molar-refractivity contribution in [3.8, 4) is 0 Å². The Balaban J connectivity index is 2.61. The fourth-order valence-electron chi connectivity index (χ4n) is 1.96. The maximum Gasteiger partial charge on any atom is 0.304 e. The second-order valence-electron chi connectivity index (χ2n) is 4.50. The molecule has 17 heavy (non-hydrogen) atoms. The van der Waals surface area contributed by atoms with Gasteiger partial charge in [-0.15, -0.1) is 0 Å². The molecule has 0 aliphatic carbocycles. The molecule has 1 N–H and O–H groups in total. The Morgan fingerprint density at radius 3 is 2.47 bits per heavy atom. The zero-order chi connectivity index (χ0) is 13.2. The standard InChI is InChI=1S/C10H17NO5S/c1-7(5-9(12)13)10(14)11(2)8-3-4-17(15,16)6-8/h7-8H,3-6H2,1-2H3,(H,12,13). The summed E-state index contributed by atoms with van der Waals surface area (Å²) in [5.41, 5.74) is 0. The van der Waals surface area contributed by atoms with Gasteiger partial charge in [0.25, 0.3) is 0 Å². The highest BCUT2D eigenvalue weighted by molar-refractivity contribution is 7.91. The van der Waals surface area contributed by atoms with Crippen LogP contribution < -0.4 is 0 Å². The second-order valence-corrected chi connectivity index (χ2v) is 6.73. The predicted octanol–water partition coefficient (Wildman–Crippen LogP) is -0.257. The minimum Gasteiger partial charge on any atom is -0.481 e. The highest BCUT2D eigenvalue weighted by Gasteiger charge is 2.34. The molecular formula is C10H17NO5S. The topological polar surface area (TPSA) is 91.8 Å². The molecule has 0 saturated carbocycles. The van der Waals surface area contributed by atoms with Crippen molar-refractivity contribution in [2.75, 3.05) is 18.6 Å². The van der Waals surface area contributed by atoms with Crippen LogP contribution in [0.15, 0.2) is 0 Å². The van der Waals surface area contributed by atoms with Crippen LogP contribution in [-0.2, 0) is 19.4 Å². The van der Waals surface area contributed by atoms with Gasteiger partial charge in [-0.2, -0.15) is 0 Å². The molecule has 1 heterocycles. The van der Waals surface area contributed by atoms with Crippen molar-refractivity contribution in [1.82, 2.24) is 4.90 Å². The van der Waals surface area contributed by atoms with E-state index in [0.717, 1.165) is 0 Å². The Morgan fingerprint density at radius 2 is 2.06 bits per heavy atom. The number of aliphatic carboxylic acids is 1. The van der Waals surface area contributed by atoms with Crippen molar-refractivity contribution < 1.29 is 23.1 Å². The number of carbonyl (C=O) groups is 2. The normalized spacial score (nSPS) is 24.2. The number of amides is 1. The molecule has 2 atom stereocenters. The van der Waals surface area contributed by atoms with Crippen molar-refractivity contribution in [3.05, 3.63) is 0 Å². The summed E-state index contributed by atoms with van der Waals surface area (Å²) in [6.07, 6.45) is 0.201. The van der Waals surface area contributed by atoms with Crippen LogP contribution in [-0.4, -0.2) is 54.9 Å². The zero-order valence-electron chi connectivity index (χ0n) is 9.92. The molecule has 1 rings (SSSR count). The molecule has 6 nitrogen and oxygen atoms in total. The molecule has 98 valence electrons. The van der Waals surface area contributed by atoms with Gasteiger partial charge in [0.1, 0.15) is 0 Å². The number of hydrogen-bond acceptors (Lipinski definition) is 4. The average Bonchev–Trinajstić information content (AvgIpc) is 2.55. The maximum atomic E-state index is 11.8. The van der Waals surface area contributed by atoms with Crippen LogP contribution in [0.4, 0.5) is 0 Å². The molecule has 1 saturated heterocycles. The Kier molecular flexibility index (Phi) is 4.13. The Hall–Kier alpha value is -1.11. The number of carboxylic acids is 1. The van der Waals surface area contributed by atoms with E-state index in [2.05, 4.69) is 0 Å². The van der Waals surface area contributed by atoms with Gasteiger partial charge < -0.3 is 10.0 Å². The van der Waals surface area contributed by atoms with E-state index >= 15 is 0 Å². The van der Waals surface area contributed by atoms with Crippen LogP contribution in [0.2, 0.25) is 0 Å². The van der Waals surface area contributed by atoms with Gasteiger partial charge in [0, 0.05) is 19.0 Å². The molecule has 0 aromatic heterocycles. The van der Waals surface area contributed by atoms with Crippen molar-refractivity contribution in [3.63, 3.8) is 0 Å². The molecule has 0 spiro atoms. The number of hydrogen-bond donors (Lipinski definition) is 1. The first kappa shape index (κ1) is 14.0. The molecular weight excluding hydrogens is 246 g/mol. The number of carbonyl (C=O) groups excluding carboxylic acids is 1. The lowest BCUT2D eigenvalue weighted by Crippen LogP contribution is -2.41. The van der Waals surface area contributed by atoms with Crippen molar-refractivity contribution >= 4 is 21.7 Å². The molecule has 1 amide bonds. The monoisotopic (exact) mass is 263 g/mol. The number of sulfone groups is 1. The van der Waals surface area contributed by atoms with E-state index in [9.17, 15) is 18.0 Å². The summed E-state index contributed by atoms with van der Waals surface area (Å²) in [4.78, 5) is 23.7. The average molecular weight is 263 g/mol. The molecule has 0 aromatic carbocycles. The second kappa shape index (κ2) is 5.03. The van der Waals surface area contributed by atoms with Gasteiger partial charge in [-0.3, -0.25) is 9.59 Å². The third-order valence-corrected chi connectivity index (χ3v) is 4.76. The smallest absolute Gasteiger partial charge is 0.304 e. The molecule has 1 aliphatic heterocycles. The largest absolute Gasteiger partial charge is 0.481 e. The molecule has 1 fully saturated rings. The molecule has 2 unspecified atom stereocenters. The zero-order valence-corrected chi connectivity index (χ0v) is 10.7. The maximum absolute atomic E-state index is 11.8. The van der Waals surface area contributed by atoms with Crippen LogP contribution in [0.3, 0.4) is 0 Å². The van der Waals surface area contributed by atoms with E-state index in [1.54, 1.807) is 0 Å². The molecule has 7 heteroatoms. The third kappa shape index (κ3) is 3.69. The van der Waals surface area contributed by atoms with Crippen molar-refractivity contribution in [2.24, 2.45) is 5.92 Å². The fourth-order valence-corrected chi connectivity index (χ4v) is 3.73. The summed E-state index contributed by atoms with van der Waals surface area (Å²) >= 11 is 0. The quantitative estimate of drug-likeness (QED) is 0.754. The Morgan fingerprint density at radius 1 is 1.47 bits per heavy atom. The number of carboxylic acid groups (broad SMARTS) is 1. The summed E-state index contributed by atoms with van der Waals surface area (Å²) in [5, 5.41) is 8.60. The van der Waals surface area contributed by atoms with Crippen LogP contribution in [0.5, 0.6) is 0 Å². The molecule has 0 bridgehead atoms. The van der Waals surface area contributed by atoms with Gasteiger partial charge in [0.15, 0.2) is 9.84 Å². The Bertz CT molecular complexity index is 416. The summed E-state index contributed by atoms with van der Waals surface area (Å²) in [7, 11) is -1.50. The van der Waals surface area contributed by atoms with E-state index in [1.807, 2.05) is 0 Å². The lowest BCUT2D eigenvalue weighted by molar-refractivity contribution is -0.144. The van der Waals surface area contributed by atoms with E-state index in [-0.39, 0.29) is 29.9 Å². The van der Waals surface area contributed by atoms with Gasteiger partial charge in [-0.25, -0.2) is 8.42 Å². The lowest BCUT2D eigenvalue weighted by Gasteiger charge is -2.25. The fraction of sp³-hybridized carbons (Fsp3) is 0.800. The molecule has 1 aliphatic rings. The Labute approximate surface area is 101 Å².